The van der Waals surface area contributed by atoms with Crippen LogP contribution >= 0.6 is 35.0 Å². The maximum absolute atomic E-state index is 12.4. The number of urea groups is 1. The predicted molar refractivity (Wildman–Crippen MR) is 111 cm³/mol. The minimum Gasteiger partial charge on any atom is -0.331 e. The minimum atomic E-state index is -0.594. The van der Waals surface area contributed by atoms with Crippen molar-refractivity contribution in [2.24, 2.45) is 5.92 Å². The second-order valence-corrected chi connectivity index (χ2v) is 9.13. The topological polar surface area (TPSA) is 64.9 Å². The normalized spacial score (nSPS) is 18.2. The fraction of sp³-hybridized carbons (Fsp3) is 0.300. The van der Waals surface area contributed by atoms with Crippen molar-refractivity contribution < 1.29 is 4.79 Å². The third-order valence-electron chi connectivity index (χ3n) is 4.42. The highest BCUT2D eigenvalue weighted by Gasteiger charge is 2.51. The SMILES string of the molecule is CC(NC(=O)Nc1ccccc1SCC1CC1(Cl)Cl)c1ccc(C#N)cc1. The van der Waals surface area contributed by atoms with Gasteiger partial charge in [-0.05, 0) is 43.2 Å². The number of hydrogen-bond donors (Lipinski definition) is 2. The van der Waals surface area contributed by atoms with Gasteiger partial charge in [-0.1, -0.05) is 24.3 Å². The molecule has 0 radical (unpaired) electrons. The van der Waals surface area contributed by atoms with E-state index in [-0.39, 0.29) is 18.0 Å². The number of hydrogen-bond acceptors (Lipinski definition) is 3. The number of anilines is 1. The van der Waals surface area contributed by atoms with Crippen molar-refractivity contribution in [2.45, 2.75) is 28.6 Å². The molecule has 3 rings (SSSR count). The zero-order valence-corrected chi connectivity index (χ0v) is 17.0. The number of nitrogens with zero attached hydrogens (tertiary/aromatic N) is 1. The van der Waals surface area contributed by atoms with Crippen molar-refractivity contribution in [1.29, 1.82) is 5.26 Å². The van der Waals surface area contributed by atoms with Crippen molar-refractivity contribution >= 4 is 46.7 Å². The Morgan fingerprint density at radius 1 is 1.30 bits per heavy atom. The van der Waals surface area contributed by atoms with Gasteiger partial charge in [-0.15, -0.1) is 35.0 Å². The Balaban J connectivity index is 1.57. The molecule has 0 spiro atoms. The predicted octanol–water partition coefficient (Wildman–Crippen LogP) is 5.73. The minimum absolute atomic E-state index is 0.183. The van der Waals surface area contributed by atoms with Gasteiger partial charge in [0, 0.05) is 16.6 Å². The lowest BCUT2D eigenvalue weighted by Crippen LogP contribution is -2.31. The van der Waals surface area contributed by atoms with E-state index in [1.165, 1.54) is 0 Å². The summed E-state index contributed by atoms with van der Waals surface area (Å²) in [6, 6.07) is 16.4. The Morgan fingerprint density at radius 3 is 2.59 bits per heavy atom. The summed E-state index contributed by atoms with van der Waals surface area (Å²) in [6.07, 6.45) is 0.807. The lowest BCUT2D eigenvalue weighted by atomic mass is 10.1. The fourth-order valence-electron chi connectivity index (χ4n) is 2.62. The zero-order valence-electron chi connectivity index (χ0n) is 14.7. The van der Waals surface area contributed by atoms with Crippen LogP contribution in [0.5, 0.6) is 0 Å². The van der Waals surface area contributed by atoms with Gasteiger partial charge in [0.2, 0.25) is 0 Å². The Kier molecular flexibility index (Phi) is 6.21. The van der Waals surface area contributed by atoms with Crippen molar-refractivity contribution in [3.05, 3.63) is 59.7 Å². The number of halogens is 2. The van der Waals surface area contributed by atoms with Crippen LogP contribution in [0.2, 0.25) is 0 Å². The van der Waals surface area contributed by atoms with Crippen LogP contribution in [0.25, 0.3) is 0 Å². The molecule has 2 aromatic rings. The highest BCUT2D eigenvalue weighted by molar-refractivity contribution is 7.99. The number of carbonyl (C=O) groups excluding carboxylic acids is 1. The molecule has 1 aliphatic rings. The number of benzene rings is 2. The standard InChI is InChI=1S/C20H19Cl2N3OS/c1-13(15-8-6-14(11-23)7-9-15)24-19(26)25-17-4-2-3-5-18(17)27-12-16-10-20(16,21)22/h2-9,13,16H,10,12H2,1H3,(H2,24,25,26). The number of nitrogens with one attached hydrogen (secondary N) is 2. The van der Waals surface area contributed by atoms with Crippen LogP contribution < -0.4 is 10.6 Å². The van der Waals surface area contributed by atoms with Gasteiger partial charge >= 0.3 is 6.03 Å². The van der Waals surface area contributed by atoms with Gasteiger partial charge in [0.15, 0.2) is 0 Å². The molecule has 0 bridgehead atoms. The van der Waals surface area contributed by atoms with Crippen LogP contribution in [0, 0.1) is 17.2 Å². The molecule has 1 aliphatic carbocycles. The van der Waals surface area contributed by atoms with Crippen LogP contribution in [0.4, 0.5) is 10.5 Å². The molecule has 2 unspecified atom stereocenters. The van der Waals surface area contributed by atoms with Gasteiger partial charge in [0.25, 0.3) is 0 Å². The second-order valence-electron chi connectivity index (χ2n) is 6.52. The van der Waals surface area contributed by atoms with Crippen LogP contribution in [0.3, 0.4) is 0 Å². The van der Waals surface area contributed by atoms with Crippen LogP contribution in [0.1, 0.15) is 30.5 Å². The highest BCUT2D eigenvalue weighted by Crippen LogP contribution is 2.55. The van der Waals surface area contributed by atoms with Gasteiger partial charge < -0.3 is 10.6 Å². The molecule has 1 fully saturated rings. The van der Waals surface area contributed by atoms with Crippen LogP contribution in [0.15, 0.2) is 53.4 Å². The van der Waals surface area contributed by atoms with Gasteiger partial charge in [0.1, 0.15) is 4.33 Å². The average Bonchev–Trinajstić information content (AvgIpc) is 3.27. The molecule has 0 aliphatic heterocycles. The quantitative estimate of drug-likeness (QED) is 0.464. The molecule has 7 heteroatoms. The fourth-order valence-corrected chi connectivity index (χ4v) is 4.56. The molecule has 2 atom stereocenters. The first kappa shape index (κ1) is 19.9. The van der Waals surface area contributed by atoms with Crippen molar-refractivity contribution in [3.8, 4) is 6.07 Å². The maximum Gasteiger partial charge on any atom is 0.319 e. The molecule has 2 aromatic carbocycles. The summed E-state index contributed by atoms with van der Waals surface area (Å²) in [7, 11) is 0. The Bertz CT molecular complexity index is 864. The lowest BCUT2D eigenvalue weighted by molar-refractivity contribution is 0.249. The maximum atomic E-state index is 12.4. The van der Waals surface area contributed by atoms with E-state index in [0.717, 1.165) is 28.3 Å². The molecule has 140 valence electrons. The van der Waals surface area contributed by atoms with Gasteiger partial charge in [-0.2, -0.15) is 5.26 Å². The average molecular weight is 420 g/mol. The first-order valence-electron chi connectivity index (χ1n) is 8.56. The first-order chi connectivity index (χ1) is 12.9. The summed E-state index contributed by atoms with van der Waals surface area (Å²) in [4.78, 5) is 13.4. The van der Waals surface area contributed by atoms with Crippen LogP contribution in [-0.4, -0.2) is 16.1 Å². The zero-order chi connectivity index (χ0) is 19.4. The van der Waals surface area contributed by atoms with Crippen molar-refractivity contribution in [3.63, 3.8) is 0 Å². The molecule has 0 aromatic heterocycles. The Morgan fingerprint density at radius 2 is 1.96 bits per heavy atom. The van der Waals surface area contributed by atoms with Crippen molar-refractivity contribution in [1.82, 2.24) is 5.32 Å². The Labute approximate surface area is 173 Å². The molecular weight excluding hydrogens is 401 g/mol. The number of alkyl halides is 2. The first-order valence-corrected chi connectivity index (χ1v) is 10.3. The molecule has 27 heavy (non-hydrogen) atoms. The Hall–Kier alpha value is -1.87. The number of rotatable bonds is 6. The smallest absolute Gasteiger partial charge is 0.319 e. The summed E-state index contributed by atoms with van der Waals surface area (Å²) in [6.45, 7) is 1.90. The van der Waals surface area contributed by atoms with Gasteiger partial charge in [0.05, 0.1) is 23.4 Å². The highest BCUT2D eigenvalue weighted by atomic mass is 35.5. The van der Waals surface area contributed by atoms with E-state index >= 15 is 0 Å². The molecular formula is C20H19Cl2N3OS. The number of amides is 2. The van der Waals surface area contributed by atoms with E-state index in [2.05, 4.69) is 16.7 Å². The van der Waals surface area contributed by atoms with Crippen LogP contribution in [-0.2, 0) is 0 Å². The summed E-state index contributed by atoms with van der Waals surface area (Å²) in [5.41, 5.74) is 2.28. The molecule has 2 N–H and O–H groups in total. The molecule has 4 nitrogen and oxygen atoms in total. The van der Waals surface area contributed by atoms with Crippen molar-refractivity contribution in [2.75, 3.05) is 11.1 Å². The van der Waals surface area contributed by atoms with E-state index in [0.29, 0.717) is 5.56 Å². The molecule has 1 saturated carbocycles. The summed E-state index contributed by atoms with van der Waals surface area (Å²) in [5, 5.41) is 14.7. The van der Waals surface area contributed by atoms with E-state index in [4.69, 9.17) is 28.5 Å². The number of carbonyl (C=O) groups is 1. The second kappa shape index (κ2) is 8.43. The van der Waals surface area contributed by atoms with E-state index in [1.807, 2.05) is 43.3 Å². The summed E-state index contributed by atoms with van der Waals surface area (Å²) in [5.74, 6) is 1.10. The van der Waals surface area contributed by atoms with Gasteiger partial charge in [-0.3, -0.25) is 0 Å². The monoisotopic (exact) mass is 419 g/mol. The third-order valence-corrected chi connectivity index (χ3v) is 6.58. The van der Waals surface area contributed by atoms with E-state index in [9.17, 15) is 4.79 Å². The third kappa shape index (κ3) is 5.32. The number of nitriles is 1. The number of thioether (sulfide) groups is 1. The lowest BCUT2D eigenvalue weighted by Gasteiger charge is -2.16. The summed E-state index contributed by atoms with van der Waals surface area (Å²) < 4.78 is -0.594. The largest absolute Gasteiger partial charge is 0.331 e. The van der Waals surface area contributed by atoms with E-state index < -0.39 is 4.33 Å². The molecule has 0 heterocycles. The number of para-hydroxylation sites is 1. The molecule has 0 saturated heterocycles. The molecule has 2 amide bonds. The van der Waals surface area contributed by atoms with Gasteiger partial charge in [-0.25, -0.2) is 4.79 Å². The van der Waals surface area contributed by atoms with E-state index in [1.54, 1.807) is 23.9 Å². The summed E-state index contributed by atoms with van der Waals surface area (Å²) >= 11 is 13.8.